The molecule has 4 N–H and O–H groups in total. The van der Waals surface area contributed by atoms with Crippen LogP contribution in [0.5, 0.6) is 0 Å². The van der Waals surface area contributed by atoms with E-state index in [0.717, 1.165) is 12.8 Å². The Labute approximate surface area is 146 Å². The van der Waals surface area contributed by atoms with E-state index < -0.39 is 47.8 Å². The van der Waals surface area contributed by atoms with Gasteiger partial charge in [0.2, 0.25) is 0 Å². The molecule has 2 fully saturated rings. The number of Topliss-reactive ketones (excluding diaryl/α,β-unsaturated/α-hetero) is 1. The Hall–Kier alpha value is -0.710. The summed E-state index contributed by atoms with van der Waals surface area (Å²) >= 11 is 3.63. The third kappa shape index (κ3) is 4.47. The molecular formula is C15H25NO7S. The topological polar surface area (TPSA) is 128 Å². The number of aliphatic hydroxyl groups is 1. The monoisotopic (exact) mass is 363 g/mol. The Kier molecular flexibility index (Phi) is 6.63. The molecule has 1 heterocycles. The van der Waals surface area contributed by atoms with Crippen LogP contribution < -0.4 is 5.73 Å². The largest absolute Gasteiger partial charge is 0.481 e. The van der Waals surface area contributed by atoms with E-state index in [2.05, 4.69) is 12.9 Å². The van der Waals surface area contributed by atoms with E-state index in [1.807, 2.05) is 0 Å². The number of ether oxygens (including phenoxy) is 2. The molecule has 0 aromatic heterocycles. The van der Waals surface area contributed by atoms with Crippen molar-refractivity contribution in [1.29, 1.82) is 0 Å². The summed E-state index contributed by atoms with van der Waals surface area (Å²) < 4.78 is 16.1. The second-order valence-corrected chi connectivity index (χ2v) is 6.81. The molecule has 6 atom stereocenters. The highest BCUT2D eigenvalue weighted by atomic mass is 32.1. The quantitative estimate of drug-likeness (QED) is 0.292. The molecule has 0 aromatic carbocycles. The van der Waals surface area contributed by atoms with Crippen LogP contribution in [0, 0.1) is 11.8 Å². The number of rotatable bonds is 7. The maximum absolute atomic E-state index is 12.8. The maximum atomic E-state index is 12.8. The molecule has 1 aliphatic heterocycles. The van der Waals surface area contributed by atoms with E-state index in [1.54, 1.807) is 0 Å². The smallest absolute Gasteiger partial charge is 0.303 e. The highest BCUT2D eigenvalue weighted by Crippen LogP contribution is 2.40. The van der Waals surface area contributed by atoms with Crippen molar-refractivity contribution in [3.8, 4) is 0 Å². The molecule has 1 saturated heterocycles. The van der Waals surface area contributed by atoms with E-state index >= 15 is 0 Å². The Morgan fingerprint density at radius 2 is 2.12 bits per heavy atom. The van der Waals surface area contributed by atoms with E-state index in [0.29, 0.717) is 13.0 Å². The fourth-order valence-corrected chi connectivity index (χ4v) is 3.52. The molecule has 0 amide bonds. The van der Waals surface area contributed by atoms with Gasteiger partial charge in [-0.2, -0.15) is 0 Å². The van der Waals surface area contributed by atoms with Crippen LogP contribution in [0.2, 0.25) is 0 Å². The third-order valence-corrected chi connectivity index (χ3v) is 5.07. The Balaban J connectivity index is 2.20. The number of thiol groups is 1. The number of aliphatic carboxylic acids is 1. The van der Waals surface area contributed by atoms with Gasteiger partial charge in [-0.3, -0.25) is 19.5 Å². The average Bonchev–Trinajstić information content (AvgIpc) is 2.82. The first-order valence-corrected chi connectivity index (χ1v) is 8.45. The molecule has 138 valence electrons. The SMILES string of the molecule is C[C@@](N)(OS)C(=O)C1C(OC2CCCCO2)CC(O)C1CC(=O)O. The Morgan fingerprint density at radius 1 is 1.42 bits per heavy atom. The van der Waals surface area contributed by atoms with Gasteiger partial charge in [0, 0.05) is 18.9 Å². The summed E-state index contributed by atoms with van der Waals surface area (Å²) in [5, 5.41) is 19.4. The van der Waals surface area contributed by atoms with E-state index in [1.165, 1.54) is 6.92 Å². The third-order valence-electron chi connectivity index (χ3n) is 4.69. The van der Waals surface area contributed by atoms with E-state index in [4.69, 9.17) is 24.5 Å². The second-order valence-electron chi connectivity index (χ2n) is 6.62. The summed E-state index contributed by atoms with van der Waals surface area (Å²) in [6.07, 6.45) is 0.279. The number of nitrogens with two attached hydrogens (primary N) is 1. The second kappa shape index (κ2) is 8.11. The Morgan fingerprint density at radius 3 is 2.67 bits per heavy atom. The van der Waals surface area contributed by atoms with Gasteiger partial charge >= 0.3 is 5.97 Å². The first-order valence-electron chi connectivity index (χ1n) is 8.09. The first kappa shape index (κ1) is 19.6. The number of ketones is 1. The number of carbonyl (C=O) groups is 2. The van der Waals surface area contributed by atoms with Crippen molar-refractivity contribution in [2.75, 3.05) is 6.61 Å². The minimum Gasteiger partial charge on any atom is -0.481 e. The van der Waals surface area contributed by atoms with E-state index in [-0.39, 0.29) is 12.8 Å². The lowest BCUT2D eigenvalue weighted by Crippen LogP contribution is -2.52. The van der Waals surface area contributed by atoms with Gasteiger partial charge in [0.1, 0.15) is 0 Å². The molecule has 5 unspecified atom stereocenters. The number of aliphatic hydroxyl groups excluding tert-OH is 1. The number of carbonyl (C=O) groups excluding carboxylic acids is 1. The number of hydrogen-bond acceptors (Lipinski definition) is 8. The molecule has 0 spiro atoms. The van der Waals surface area contributed by atoms with Crippen molar-refractivity contribution in [3.63, 3.8) is 0 Å². The lowest BCUT2D eigenvalue weighted by Gasteiger charge is -2.32. The molecule has 1 aliphatic carbocycles. The van der Waals surface area contributed by atoms with Gasteiger partial charge in [-0.25, -0.2) is 0 Å². The molecule has 0 radical (unpaired) electrons. The first-order chi connectivity index (χ1) is 11.3. The van der Waals surface area contributed by atoms with Gasteiger partial charge in [-0.1, -0.05) is 0 Å². The predicted octanol–water partition coefficient (Wildman–Crippen LogP) is 0.475. The van der Waals surface area contributed by atoms with Crippen LogP contribution in [0.25, 0.3) is 0 Å². The van der Waals surface area contributed by atoms with Crippen LogP contribution in [-0.2, 0) is 23.2 Å². The van der Waals surface area contributed by atoms with Crippen molar-refractivity contribution in [2.45, 2.75) is 63.3 Å². The summed E-state index contributed by atoms with van der Waals surface area (Å²) in [5.74, 6) is -3.34. The van der Waals surface area contributed by atoms with Crippen molar-refractivity contribution >= 4 is 24.7 Å². The minimum absolute atomic E-state index is 0.150. The van der Waals surface area contributed by atoms with Crippen LogP contribution >= 0.6 is 12.9 Å². The molecule has 0 bridgehead atoms. The molecular weight excluding hydrogens is 338 g/mol. The highest BCUT2D eigenvalue weighted by Gasteiger charge is 2.52. The fraction of sp³-hybridized carbons (Fsp3) is 0.867. The summed E-state index contributed by atoms with van der Waals surface area (Å²) in [7, 11) is 0. The van der Waals surface area contributed by atoms with Crippen molar-refractivity contribution in [1.82, 2.24) is 0 Å². The highest BCUT2D eigenvalue weighted by molar-refractivity contribution is 7.75. The van der Waals surface area contributed by atoms with E-state index in [9.17, 15) is 14.7 Å². The van der Waals surface area contributed by atoms with Crippen LogP contribution in [0.15, 0.2) is 0 Å². The zero-order chi connectivity index (χ0) is 17.9. The summed E-state index contributed by atoms with van der Waals surface area (Å²) in [4.78, 5) is 23.9. The fourth-order valence-electron chi connectivity index (χ4n) is 3.43. The van der Waals surface area contributed by atoms with Crippen molar-refractivity contribution < 1.29 is 33.5 Å². The number of hydrogen-bond donors (Lipinski definition) is 4. The molecule has 8 nitrogen and oxygen atoms in total. The zero-order valence-electron chi connectivity index (χ0n) is 13.6. The lowest BCUT2D eigenvalue weighted by atomic mass is 9.83. The zero-order valence-corrected chi connectivity index (χ0v) is 14.5. The van der Waals surface area contributed by atoms with Gasteiger partial charge in [0.25, 0.3) is 0 Å². The normalized spacial score (nSPS) is 36.2. The van der Waals surface area contributed by atoms with Gasteiger partial charge in [0.05, 0.1) is 24.5 Å². The van der Waals surface area contributed by atoms with Crippen LogP contribution in [-0.4, -0.2) is 52.8 Å². The predicted molar refractivity (Wildman–Crippen MR) is 86.0 cm³/mol. The minimum atomic E-state index is -1.70. The summed E-state index contributed by atoms with van der Waals surface area (Å²) in [6.45, 7) is 1.92. The number of carboxylic acids is 1. The summed E-state index contributed by atoms with van der Waals surface area (Å²) in [6, 6.07) is 0. The average molecular weight is 363 g/mol. The molecule has 24 heavy (non-hydrogen) atoms. The number of carboxylic acid groups (broad SMARTS) is 1. The molecule has 0 aromatic rings. The maximum Gasteiger partial charge on any atom is 0.303 e. The van der Waals surface area contributed by atoms with Crippen molar-refractivity contribution in [2.24, 2.45) is 17.6 Å². The molecule has 2 rings (SSSR count). The van der Waals surface area contributed by atoms with Gasteiger partial charge in [0.15, 0.2) is 17.8 Å². The summed E-state index contributed by atoms with van der Waals surface area (Å²) in [5.41, 5.74) is 4.10. The Bertz CT molecular complexity index is 467. The molecule has 1 saturated carbocycles. The van der Waals surface area contributed by atoms with Gasteiger partial charge in [-0.15, -0.1) is 0 Å². The van der Waals surface area contributed by atoms with Crippen LogP contribution in [0.1, 0.15) is 39.0 Å². The van der Waals surface area contributed by atoms with Gasteiger partial charge < -0.3 is 19.7 Å². The van der Waals surface area contributed by atoms with Crippen LogP contribution in [0.4, 0.5) is 0 Å². The van der Waals surface area contributed by atoms with Gasteiger partial charge in [-0.05, 0) is 39.1 Å². The molecule has 9 heteroatoms. The lowest BCUT2D eigenvalue weighted by molar-refractivity contribution is -0.198. The molecule has 2 aliphatic rings. The van der Waals surface area contributed by atoms with Crippen LogP contribution in [0.3, 0.4) is 0 Å². The van der Waals surface area contributed by atoms with Crippen molar-refractivity contribution in [3.05, 3.63) is 0 Å². The standard InChI is InChI=1S/C15H25NO7S/c1-15(16,23-24)14(20)13-8(6-11(18)19)9(17)7-10(13)22-12-4-2-3-5-21-12/h8-10,12-13,17,24H,2-7,16H2,1H3,(H,18,19)/t8?,9?,10?,12?,13?,15-/m1/s1.